The molecule has 107 heavy (non-hydrogen) atoms. The van der Waals surface area contributed by atoms with Crippen LogP contribution in [0, 0.1) is 5.92 Å². The molecule has 0 aliphatic rings. The van der Waals surface area contributed by atoms with E-state index in [-0.39, 0.29) is 25.7 Å². The van der Waals surface area contributed by atoms with Crippen LogP contribution in [0.2, 0.25) is 0 Å². The molecule has 19 heteroatoms. The van der Waals surface area contributed by atoms with Crippen LogP contribution in [0.1, 0.15) is 478 Å². The number of carbonyl (C=O) groups is 4. The molecule has 0 fully saturated rings. The minimum atomic E-state index is -4.97. The fraction of sp³-hybridized carbons (Fsp3) is 0.955. The van der Waals surface area contributed by atoms with E-state index in [2.05, 4.69) is 34.6 Å². The van der Waals surface area contributed by atoms with Gasteiger partial charge in [0.15, 0.2) is 12.2 Å². The van der Waals surface area contributed by atoms with Gasteiger partial charge in [-0.1, -0.05) is 426 Å². The zero-order chi connectivity index (χ0) is 78.3. The largest absolute Gasteiger partial charge is 0.472 e. The summed E-state index contributed by atoms with van der Waals surface area (Å²) in [5, 5.41) is 10.7. The molecule has 0 aromatic carbocycles. The van der Waals surface area contributed by atoms with Gasteiger partial charge in [-0.2, -0.15) is 0 Å². The molecular weight excluding hydrogens is 1390 g/mol. The summed E-state index contributed by atoms with van der Waals surface area (Å²) in [5.74, 6) is -1.28. The summed E-state index contributed by atoms with van der Waals surface area (Å²) in [7, 11) is -9.93. The van der Waals surface area contributed by atoms with Crippen LogP contribution in [0.3, 0.4) is 0 Å². The van der Waals surface area contributed by atoms with Crippen LogP contribution >= 0.6 is 15.6 Å². The molecule has 0 aromatic rings. The Morgan fingerprint density at radius 1 is 0.252 bits per heavy atom. The second-order valence-electron chi connectivity index (χ2n) is 32.1. The van der Waals surface area contributed by atoms with Crippen LogP contribution in [0.4, 0.5) is 0 Å². The van der Waals surface area contributed by atoms with Crippen LogP contribution in [-0.2, 0) is 65.4 Å². The second kappa shape index (κ2) is 80.7. The lowest BCUT2D eigenvalue weighted by atomic mass is 10.0. The number of phosphoric ester groups is 2. The topological polar surface area (TPSA) is 237 Å². The fourth-order valence-electron chi connectivity index (χ4n) is 13.8. The van der Waals surface area contributed by atoms with E-state index in [0.29, 0.717) is 25.7 Å². The maximum absolute atomic E-state index is 13.2. The summed E-state index contributed by atoms with van der Waals surface area (Å²) in [4.78, 5) is 73.3. The highest BCUT2D eigenvalue weighted by Crippen LogP contribution is 2.45. The first-order valence-corrected chi connectivity index (χ1v) is 48.6. The van der Waals surface area contributed by atoms with Gasteiger partial charge in [-0.05, 0) is 31.6 Å². The zero-order valence-corrected chi connectivity index (χ0v) is 72.1. The van der Waals surface area contributed by atoms with Gasteiger partial charge in [0.1, 0.15) is 19.3 Å². The van der Waals surface area contributed by atoms with Gasteiger partial charge in [0.25, 0.3) is 0 Å². The van der Waals surface area contributed by atoms with E-state index in [1.807, 2.05) is 0 Å². The third kappa shape index (κ3) is 81.9. The molecule has 0 amide bonds. The Hall–Kier alpha value is -1.94. The highest BCUT2D eigenvalue weighted by Gasteiger charge is 2.30. The molecule has 0 heterocycles. The highest BCUT2D eigenvalue weighted by molar-refractivity contribution is 7.47. The van der Waals surface area contributed by atoms with Crippen LogP contribution in [-0.4, -0.2) is 96.7 Å². The monoisotopic (exact) mass is 1560 g/mol. The predicted octanol–water partition coefficient (Wildman–Crippen LogP) is 27.2. The summed E-state index contributed by atoms with van der Waals surface area (Å²) in [6, 6.07) is 0. The van der Waals surface area contributed by atoms with Crippen molar-refractivity contribution in [1.82, 2.24) is 0 Å². The minimum Gasteiger partial charge on any atom is -0.462 e. The van der Waals surface area contributed by atoms with Gasteiger partial charge >= 0.3 is 39.5 Å². The second-order valence-corrected chi connectivity index (χ2v) is 35.0. The predicted molar refractivity (Wildman–Crippen MR) is 442 cm³/mol. The number of rotatable bonds is 88. The van der Waals surface area contributed by atoms with E-state index in [9.17, 15) is 43.2 Å². The molecular formula is C88H172O17P2. The summed E-state index contributed by atoms with van der Waals surface area (Å²) < 4.78 is 69.0. The van der Waals surface area contributed by atoms with Gasteiger partial charge in [-0.25, -0.2) is 9.13 Å². The average Bonchev–Trinajstić information content (AvgIpc) is 0.914. The Morgan fingerprint density at radius 3 is 0.636 bits per heavy atom. The number of ether oxygens (including phenoxy) is 4. The van der Waals surface area contributed by atoms with E-state index in [1.54, 1.807) is 0 Å². The number of hydrogen-bond donors (Lipinski definition) is 3. The first-order chi connectivity index (χ1) is 52.0. The molecule has 0 spiro atoms. The molecule has 0 saturated carbocycles. The SMILES string of the molecule is CCCCCCCCCCCCCCCCCCCCCCC(=O)O[C@H](COC(=O)CCCCCCCCCCCCCCCCCCC(C)C)COP(=O)(O)OC[C@@H](O)COP(=O)(O)OC[C@@H](COC(=O)CCCCCCCCCCCCCCC)OC(=O)CCCCCCCCCCCCCCCCC. The molecule has 636 valence electrons. The van der Waals surface area contributed by atoms with Gasteiger partial charge in [-0.15, -0.1) is 0 Å². The Kier molecular flexibility index (Phi) is 79.2. The Balaban J connectivity index is 5.25. The molecule has 0 saturated heterocycles. The molecule has 0 bridgehead atoms. The van der Waals surface area contributed by atoms with Gasteiger partial charge in [0.2, 0.25) is 0 Å². The van der Waals surface area contributed by atoms with Gasteiger partial charge in [0.05, 0.1) is 26.4 Å². The lowest BCUT2D eigenvalue weighted by Crippen LogP contribution is -2.30. The van der Waals surface area contributed by atoms with E-state index < -0.39 is 97.5 Å². The van der Waals surface area contributed by atoms with Crippen molar-refractivity contribution in [2.75, 3.05) is 39.6 Å². The Labute approximate surface area is 658 Å². The number of aliphatic hydroxyl groups excluding tert-OH is 1. The average molecular weight is 1560 g/mol. The van der Waals surface area contributed by atoms with Crippen molar-refractivity contribution in [3.63, 3.8) is 0 Å². The third-order valence-corrected chi connectivity index (χ3v) is 22.7. The molecule has 2 unspecified atom stereocenters. The number of aliphatic hydroxyl groups is 1. The summed E-state index contributed by atoms with van der Waals surface area (Å²) in [6.45, 7) is 7.42. The number of hydrogen-bond acceptors (Lipinski definition) is 15. The lowest BCUT2D eigenvalue weighted by Gasteiger charge is -2.21. The normalized spacial score (nSPS) is 13.7. The van der Waals surface area contributed by atoms with Crippen LogP contribution in [0.25, 0.3) is 0 Å². The van der Waals surface area contributed by atoms with Crippen molar-refractivity contribution in [2.24, 2.45) is 5.92 Å². The molecule has 3 N–H and O–H groups in total. The van der Waals surface area contributed by atoms with Crippen LogP contribution < -0.4 is 0 Å². The smallest absolute Gasteiger partial charge is 0.462 e. The van der Waals surface area contributed by atoms with Crippen LogP contribution in [0.5, 0.6) is 0 Å². The van der Waals surface area contributed by atoms with Crippen molar-refractivity contribution >= 4 is 39.5 Å². The lowest BCUT2D eigenvalue weighted by molar-refractivity contribution is -0.161. The van der Waals surface area contributed by atoms with Crippen molar-refractivity contribution < 1.29 is 80.2 Å². The minimum absolute atomic E-state index is 0.109. The van der Waals surface area contributed by atoms with Gasteiger partial charge in [-0.3, -0.25) is 37.3 Å². The van der Waals surface area contributed by atoms with Crippen molar-refractivity contribution in [1.29, 1.82) is 0 Å². The summed E-state index contributed by atoms with van der Waals surface area (Å²) >= 11 is 0. The first kappa shape index (κ1) is 105. The van der Waals surface area contributed by atoms with E-state index in [1.165, 1.54) is 302 Å². The number of esters is 4. The standard InChI is InChI=1S/C88H172O17P2/c1-6-9-12-15-18-21-24-27-29-30-31-32-33-39-44-49-54-59-64-69-74-88(93)105-84(78-99-86(91)72-67-62-57-52-47-42-38-35-34-37-41-45-50-55-60-65-70-81(4)5)80-103-107(96,97)101-76-82(89)75-100-106(94,95)102-79-83(77-98-85(90)71-66-61-56-51-46-40-26-23-20-17-14-11-8-3)104-87(92)73-68-63-58-53-48-43-36-28-25-22-19-16-13-10-7-2/h81-84,89H,6-80H2,1-5H3,(H,94,95)(H,96,97)/t82-,83+,84+/m0/s1. The molecule has 0 aliphatic carbocycles. The molecule has 0 aromatic heterocycles. The fourth-order valence-corrected chi connectivity index (χ4v) is 15.4. The number of unbranched alkanes of at least 4 members (excludes halogenated alkanes) is 60. The van der Waals surface area contributed by atoms with Gasteiger partial charge < -0.3 is 33.8 Å². The van der Waals surface area contributed by atoms with Gasteiger partial charge in [0, 0.05) is 25.7 Å². The van der Waals surface area contributed by atoms with E-state index in [4.69, 9.17) is 37.0 Å². The first-order valence-electron chi connectivity index (χ1n) is 45.6. The zero-order valence-electron chi connectivity index (χ0n) is 70.3. The van der Waals surface area contributed by atoms with Crippen molar-refractivity contribution in [3.8, 4) is 0 Å². The number of carbonyl (C=O) groups excluding carboxylic acids is 4. The van der Waals surface area contributed by atoms with E-state index in [0.717, 1.165) is 95.8 Å². The molecule has 0 aliphatic heterocycles. The molecule has 0 radical (unpaired) electrons. The van der Waals surface area contributed by atoms with Crippen molar-refractivity contribution in [3.05, 3.63) is 0 Å². The quantitative estimate of drug-likeness (QED) is 0.0222. The van der Waals surface area contributed by atoms with Crippen molar-refractivity contribution in [2.45, 2.75) is 496 Å². The maximum Gasteiger partial charge on any atom is 0.472 e. The highest BCUT2D eigenvalue weighted by atomic mass is 31.2. The Morgan fingerprint density at radius 2 is 0.430 bits per heavy atom. The van der Waals surface area contributed by atoms with Crippen LogP contribution in [0.15, 0.2) is 0 Å². The third-order valence-electron chi connectivity index (χ3n) is 20.8. The van der Waals surface area contributed by atoms with E-state index >= 15 is 0 Å². The summed E-state index contributed by atoms with van der Waals surface area (Å²) in [6.07, 6.45) is 74.9. The molecule has 0 rings (SSSR count). The molecule has 17 nitrogen and oxygen atoms in total. The molecule has 5 atom stereocenters. The summed E-state index contributed by atoms with van der Waals surface area (Å²) in [5.41, 5.74) is 0. The maximum atomic E-state index is 13.2. The number of phosphoric acid groups is 2. The Bertz CT molecular complexity index is 2030.